The second-order valence-electron chi connectivity index (χ2n) is 4.41. The molecular weight excluding hydrogens is 224 g/mol. The molecule has 16 heavy (non-hydrogen) atoms. The molecule has 88 valence electrons. The predicted octanol–water partition coefficient (Wildman–Crippen LogP) is 1.30. The minimum atomic E-state index is 0.00120. The fraction of sp³-hybridized carbons (Fsp3) is 0.700. The van der Waals surface area contributed by atoms with Crippen LogP contribution in [0.2, 0.25) is 0 Å². The lowest BCUT2D eigenvalue weighted by Gasteiger charge is -2.40. The van der Waals surface area contributed by atoms with Crippen molar-refractivity contribution in [3.8, 4) is 0 Å². The highest BCUT2D eigenvalue weighted by Crippen LogP contribution is 2.43. The van der Waals surface area contributed by atoms with Crippen LogP contribution in [0.1, 0.15) is 30.7 Å². The summed E-state index contributed by atoms with van der Waals surface area (Å²) in [6, 6.07) is 0. The number of hydrogen-bond acceptors (Lipinski definition) is 5. The number of carbonyl (C=O) groups excluding carboxylic acids is 1. The zero-order valence-corrected chi connectivity index (χ0v) is 10.1. The van der Waals surface area contributed by atoms with Gasteiger partial charge in [0.25, 0.3) is 0 Å². The van der Waals surface area contributed by atoms with Crippen molar-refractivity contribution < 1.29 is 4.79 Å². The summed E-state index contributed by atoms with van der Waals surface area (Å²) < 4.78 is 0. The van der Waals surface area contributed by atoms with Gasteiger partial charge in [0, 0.05) is 6.42 Å². The SMILES string of the molecule is Cc1nnc(NC(=O)CC2(CN)CCC2)s1. The van der Waals surface area contributed by atoms with Gasteiger partial charge in [0.05, 0.1) is 0 Å². The van der Waals surface area contributed by atoms with Crippen LogP contribution in [0.5, 0.6) is 0 Å². The first-order valence-electron chi connectivity index (χ1n) is 5.44. The molecule has 1 amide bonds. The Labute approximate surface area is 98.4 Å². The summed E-state index contributed by atoms with van der Waals surface area (Å²) in [5, 5.41) is 11.9. The molecular formula is C10H16N4OS. The number of nitrogens with two attached hydrogens (primary N) is 1. The van der Waals surface area contributed by atoms with E-state index < -0.39 is 0 Å². The van der Waals surface area contributed by atoms with Gasteiger partial charge in [-0.2, -0.15) is 0 Å². The summed E-state index contributed by atoms with van der Waals surface area (Å²) in [6.07, 6.45) is 3.81. The van der Waals surface area contributed by atoms with Crippen LogP contribution >= 0.6 is 11.3 Å². The molecule has 3 N–H and O–H groups in total. The predicted molar refractivity (Wildman–Crippen MR) is 63.2 cm³/mol. The van der Waals surface area contributed by atoms with E-state index in [2.05, 4.69) is 15.5 Å². The van der Waals surface area contributed by atoms with Crippen LogP contribution in [0, 0.1) is 12.3 Å². The maximum Gasteiger partial charge on any atom is 0.226 e. The van der Waals surface area contributed by atoms with E-state index in [4.69, 9.17) is 5.73 Å². The number of anilines is 1. The van der Waals surface area contributed by atoms with Gasteiger partial charge in [-0.25, -0.2) is 0 Å². The van der Waals surface area contributed by atoms with Gasteiger partial charge in [-0.05, 0) is 31.7 Å². The van der Waals surface area contributed by atoms with E-state index in [9.17, 15) is 4.79 Å². The number of carbonyl (C=O) groups is 1. The summed E-state index contributed by atoms with van der Waals surface area (Å²) in [6.45, 7) is 2.45. The molecule has 0 saturated heterocycles. The molecule has 0 atom stereocenters. The van der Waals surface area contributed by atoms with Gasteiger partial charge in [-0.1, -0.05) is 17.8 Å². The number of aryl methyl sites for hydroxylation is 1. The molecule has 1 heterocycles. The lowest BCUT2D eigenvalue weighted by Crippen LogP contribution is -2.40. The molecule has 6 heteroatoms. The minimum Gasteiger partial charge on any atom is -0.330 e. The Kier molecular flexibility index (Phi) is 3.20. The lowest BCUT2D eigenvalue weighted by molar-refractivity contribution is -0.119. The van der Waals surface area contributed by atoms with Crippen molar-refractivity contribution in [3.05, 3.63) is 5.01 Å². The fourth-order valence-corrected chi connectivity index (χ4v) is 2.59. The molecule has 1 aromatic rings. The van der Waals surface area contributed by atoms with Crippen LogP contribution in [-0.4, -0.2) is 22.6 Å². The second kappa shape index (κ2) is 4.47. The first kappa shape index (κ1) is 11.5. The van der Waals surface area contributed by atoms with Gasteiger partial charge in [-0.3, -0.25) is 4.79 Å². The number of hydrogen-bond donors (Lipinski definition) is 2. The molecule has 0 bridgehead atoms. The number of nitrogens with zero attached hydrogens (tertiary/aromatic N) is 2. The van der Waals surface area contributed by atoms with Crippen LogP contribution in [0.3, 0.4) is 0 Å². The molecule has 0 spiro atoms. The van der Waals surface area contributed by atoms with Gasteiger partial charge in [0.1, 0.15) is 5.01 Å². The number of rotatable bonds is 4. The highest BCUT2D eigenvalue weighted by Gasteiger charge is 2.37. The smallest absolute Gasteiger partial charge is 0.226 e. The van der Waals surface area contributed by atoms with Crippen LogP contribution in [-0.2, 0) is 4.79 Å². The third-order valence-corrected chi connectivity index (χ3v) is 3.91. The summed E-state index contributed by atoms with van der Waals surface area (Å²) in [5.74, 6) is 0.00120. The second-order valence-corrected chi connectivity index (χ2v) is 5.59. The molecule has 0 radical (unpaired) electrons. The van der Waals surface area contributed by atoms with Crippen LogP contribution in [0.25, 0.3) is 0 Å². The number of amides is 1. The Morgan fingerprint density at radius 3 is 2.75 bits per heavy atom. The number of aromatic nitrogens is 2. The monoisotopic (exact) mass is 240 g/mol. The van der Waals surface area contributed by atoms with Crippen molar-refractivity contribution >= 4 is 22.4 Å². The highest BCUT2D eigenvalue weighted by molar-refractivity contribution is 7.15. The highest BCUT2D eigenvalue weighted by atomic mass is 32.1. The largest absolute Gasteiger partial charge is 0.330 e. The van der Waals surface area contributed by atoms with E-state index in [1.54, 1.807) is 0 Å². The van der Waals surface area contributed by atoms with Gasteiger partial charge < -0.3 is 11.1 Å². The van der Waals surface area contributed by atoms with Crippen molar-refractivity contribution in [2.45, 2.75) is 32.6 Å². The van der Waals surface area contributed by atoms with Crippen molar-refractivity contribution in [2.24, 2.45) is 11.1 Å². The van der Waals surface area contributed by atoms with Crippen molar-refractivity contribution in [1.82, 2.24) is 10.2 Å². The topological polar surface area (TPSA) is 80.9 Å². The van der Waals surface area contributed by atoms with E-state index in [0.717, 1.165) is 17.8 Å². The standard InChI is InChI=1S/C10H16N4OS/c1-7-13-14-9(16-7)12-8(15)5-10(6-11)3-2-4-10/h2-6,11H2,1H3,(H,12,14,15). The van der Waals surface area contributed by atoms with Crippen molar-refractivity contribution in [2.75, 3.05) is 11.9 Å². The molecule has 0 aliphatic heterocycles. The van der Waals surface area contributed by atoms with Gasteiger partial charge in [0.15, 0.2) is 0 Å². The van der Waals surface area contributed by atoms with Gasteiger partial charge >= 0.3 is 0 Å². The molecule has 0 unspecified atom stereocenters. The van der Waals surface area contributed by atoms with Crippen LogP contribution in [0.4, 0.5) is 5.13 Å². The molecule has 5 nitrogen and oxygen atoms in total. The van der Waals surface area contributed by atoms with E-state index >= 15 is 0 Å². The van der Waals surface area contributed by atoms with Crippen LogP contribution in [0.15, 0.2) is 0 Å². The Hall–Kier alpha value is -1.01. The van der Waals surface area contributed by atoms with E-state index in [1.807, 2.05) is 6.92 Å². The molecule has 1 fully saturated rings. The maximum absolute atomic E-state index is 11.8. The third kappa shape index (κ3) is 2.38. The zero-order valence-electron chi connectivity index (χ0n) is 9.32. The Morgan fingerprint density at radius 2 is 2.31 bits per heavy atom. The fourth-order valence-electron chi connectivity index (χ4n) is 1.98. The first-order valence-corrected chi connectivity index (χ1v) is 6.25. The number of nitrogens with one attached hydrogen (secondary N) is 1. The Morgan fingerprint density at radius 1 is 1.56 bits per heavy atom. The average molecular weight is 240 g/mol. The summed E-state index contributed by atoms with van der Waals surface area (Å²) in [7, 11) is 0. The van der Waals surface area contributed by atoms with E-state index in [0.29, 0.717) is 18.1 Å². The first-order chi connectivity index (χ1) is 7.63. The molecule has 1 aliphatic carbocycles. The average Bonchev–Trinajstić information content (AvgIpc) is 2.57. The van der Waals surface area contributed by atoms with Gasteiger partial charge in [0.2, 0.25) is 11.0 Å². The quantitative estimate of drug-likeness (QED) is 0.831. The summed E-state index contributed by atoms with van der Waals surface area (Å²) in [4.78, 5) is 11.8. The lowest BCUT2D eigenvalue weighted by atomic mass is 9.66. The van der Waals surface area contributed by atoms with Gasteiger partial charge in [-0.15, -0.1) is 10.2 Å². The Balaban J connectivity index is 1.89. The third-order valence-electron chi connectivity index (χ3n) is 3.16. The van der Waals surface area contributed by atoms with Crippen molar-refractivity contribution in [3.63, 3.8) is 0 Å². The zero-order chi connectivity index (χ0) is 11.6. The summed E-state index contributed by atoms with van der Waals surface area (Å²) >= 11 is 1.39. The normalized spacial score (nSPS) is 17.9. The molecule has 2 rings (SSSR count). The molecule has 1 aliphatic rings. The molecule has 0 aromatic carbocycles. The summed E-state index contributed by atoms with van der Waals surface area (Å²) in [5.41, 5.74) is 5.75. The Bertz CT molecular complexity index is 380. The maximum atomic E-state index is 11.8. The minimum absolute atomic E-state index is 0.00120. The van der Waals surface area contributed by atoms with Crippen LogP contribution < -0.4 is 11.1 Å². The van der Waals surface area contributed by atoms with Crippen molar-refractivity contribution in [1.29, 1.82) is 0 Å². The van der Waals surface area contributed by atoms with E-state index in [1.165, 1.54) is 17.8 Å². The molecule has 1 aromatic heterocycles. The molecule has 1 saturated carbocycles. The van der Waals surface area contributed by atoms with E-state index in [-0.39, 0.29) is 11.3 Å².